The summed E-state index contributed by atoms with van der Waals surface area (Å²) in [6.45, 7) is 3.18. The molecule has 0 radical (unpaired) electrons. The van der Waals surface area contributed by atoms with E-state index in [1.807, 2.05) is 69.5 Å². The minimum Gasteiger partial charge on any atom is -0.510 e. The van der Waals surface area contributed by atoms with Crippen LogP contribution >= 0.6 is 11.3 Å². The number of aromatic hydroxyl groups is 1. The van der Waals surface area contributed by atoms with Crippen molar-refractivity contribution >= 4 is 34.5 Å². The summed E-state index contributed by atoms with van der Waals surface area (Å²) in [6, 6.07) is 15.1. The Kier molecular flexibility index (Phi) is 10.1. The second-order valence-corrected chi connectivity index (χ2v) is 15.9. The third-order valence-corrected chi connectivity index (χ3v) is 11.7. The molecule has 0 saturated heterocycles. The maximum atomic E-state index is 14.5. The summed E-state index contributed by atoms with van der Waals surface area (Å²) in [7, 11) is 11.0. The number of allylic oxidation sites excluding steroid dienone is 1. The molecule has 6 N–H and O–H groups in total. The predicted octanol–water partition coefficient (Wildman–Crippen LogP) is 3.48. The average molecular weight is 730 g/mol. The van der Waals surface area contributed by atoms with Crippen LogP contribution in [0.5, 0.6) is 5.75 Å². The highest BCUT2D eigenvalue weighted by Gasteiger charge is 2.63. The molecule has 0 bridgehead atoms. The number of hydrogen-bond donors (Lipinski definition) is 5. The molecule has 3 aromatic rings. The van der Waals surface area contributed by atoms with Crippen LogP contribution in [0.25, 0.3) is 10.4 Å². The average Bonchev–Trinajstić information content (AvgIpc) is 3.53. The molecule has 52 heavy (non-hydrogen) atoms. The number of carbonyl (C=O) groups is 3. The zero-order chi connectivity index (χ0) is 37.8. The number of aliphatic hydroxyl groups excluding tert-OH is 2. The summed E-state index contributed by atoms with van der Waals surface area (Å²) in [4.78, 5) is 50.3. The van der Waals surface area contributed by atoms with Crippen molar-refractivity contribution in [2.24, 2.45) is 17.6 Å². The molecular formula is C39H47N5O7S. The Labute approximate surface area is 307 Å². The summed E-state index contributed by atoms with van der Waals surface area (Å²) in [5, 5.41) is 46.7. The number of Topliss-reactive ketones (excluding diaryl/α,β-unsaturated/α-hetero) is 2. The van der Waals surface area contributed by atoms with E-state index in [0.29, 0.717) is 23.4 Å². The summed E-state index contributed by atoms with van der Waals surface area (Å²) in [5.74, 6) is -6.68. The van der Waals surface area contributed by atoms with E-state index in [0.717, 1.165) is 29.4 Å². The number of nitrogens with two attached hydrogens (primary N) is 1. The van der Waals surface area contributed by atoms with Crippen molar-refractivity contribution in [2.75, 3.05) is 60.3 Å². The molecule has 0 spiro atoms. The SMILES string of the molecule is CN(C)CCN(Cc1ccccc1)Cc1ccc(-c2cc(N(C)C)c3c(c2O)C(=O)C2=C(O)C4(O)C(=O)C(C(N)=O)=C(O)C(N(C)C)C4CC2C3)s1. The van der Waals surface area contributed by atoms with Crippen molar-refractivity contribution in [3.05, 3.63) is 92.8 Å². The van der Waals surface area contributed by atoms with E-state index >= 15 is 0 Å². The monoisotopic (exact) mass is 729 g/mol. The van der Waals surface area contributed by atoms with Gasteiger partial charge in [0.1, 0.15) is 22.8 Å². The van der Waals surface area contributed by atoms with Crippen molar-refractivity contribution in [1.29, 1.82) is 0 Å². The van der Waals surface area contributed by atoms with Crippen LogP contribution in [0.3, 0.4) is 0 Å². The number of ketones is 2. The quantitative estimate of drug-likeness (QED) is 0.183. The highest BCUT2D eigenvalue weighted by Crippen LogP contribution is 2.54. The zero-order valence-electron chi connectivity index (χ0n) is 30.4. The number of aliphatic hydroxyl groups is 3. The lowest BCUT2D eigenvalue weighted by atomic mass is 9.58. The standard InChI is InChI=1S/C39H47N5O7S/c1-41(2)14-15-44(19-21-10-8-7-9-11-21)20-23-12-13-28(52-23)25-18-27(42(3)4)24-16-22-17-26-32(43(5)6)35(47)31(38(40)50)37(49)39(26,51)36(48)29(22)34(46)30(24)33(25)45/h7-13,18,22,26,32,45,47-48,51H,14-17,19-20H2,1-6H3,(H2,40,50). The first-order valence-corrected chi connectivity index (χ1v) is 18.1. The molecule has 6 rings (SSSR count). The number of fused-ring (bicyclic) bond motifs is 3. The fourth-order valence-corrected chi connectivity index (χ4v) is 9.18. The number of amides is 1. The van der Waals surface area contributed by atoms with Gasteiger partial charge in [0.15, 0.2) is 11.4 Å². The van der Waals surface area contributed by atoms with Gasteiger partial charge in [-0.05, 0) is 76.3 Å². The number of hydrogen-bond acceptors (Lipinski definition) is 12. The van der Waals surface area contributed by atoms with Crippen molar-refractivity contribution < 1.29 is 34.8 Å². The Hall–Kier alpha value is -4.53. The molecule has 4 unspecified atom stereocenters. The first kappa shape index (κ1) is 37.2. The third kappa shape index (κ3) is 6.30. The summed E-state index contributed by atoms with van der Waals surface area (Å²) >= 11 is 1.52. The Morgan fingerprint density at radius 1 is 0.962 bits per heavy atom. The second kappa shape index (κ2) is 14.1. The van der Waals surface area contributed by atoms with Crippen molar-refractivity contribution in [1.82, 2.24) is 14.7 Å². The number of nitrogens with zero attached hydrogens (tertiary/aromatic N) is 4. The molecule has 0 fully saturated rings. The van der Waals surface area contributed by atoms with E-state index in [4.69, 9.17) is 5.73 Å². The fraction of sp³-hybridized carbons (Fsp3) is 0.410. The van der Waals surface area contributed by atoms with Crippen molar-refractivity contribution in [2.45, 2.75) is 37.6 Å². The number of benzene rings is 2. The number of primary amides is 1. The first-order chi connectivity index (χ1) is 24.6. The van der Waals surface area contributed by atoms with Crippen LogP contribution in [0, 0.1) is 11.8 Å². The fourth-order valence-electron chi connectivity index (χ4n) is 8.11. The molecule has 3 aliphatic rings. The van der Waals surface area contributed by atoms with E-state index in [1.165, 1.54) is 16.9 Å². The van der Waals surface area contributed by atoms with Gasteiger partial charge in [-0.1, -0.05) is 30.3 Å². The second-order valence-electron chi connectivity index (χ2n) is 14.8. The van der Waals surface area contributed by atoms with Gasteiger partial charge in [0, 0.05) is 72.8 Å². The van der Waals surface area contributed by atoms with Crippen LogP contribution < -0.4 is 10.6 Å². The number of phenols is 1. The highest BCUT2D eigenvalue weighted by atomic mass is 32.1. The summed E-state index contributed by atoms with van der Waals surface area (Å²) in [6.07, 6.45) is 0.245. The lowest BCUT2D eigenvalue weighted by molar-refractivity contribution is -0.148. The third-order valence-electron chi connectivity index (χ3n) is 10.6. The predicted molar refractivity (Wildman–Crippen MR) is 200 cm³/mol. The van der Waals surface area contributed by atoms with Gasteiger partial charge in [-0.25, -0.2) is 0 Å². The molecule has 0 saturated carbocycles. The van der Waals surface area contributed by atoms with Gasteiger partial charge in [-0.15, -0.1) is 11.3 Å². The number of carbonyl (C=O) groups excluding carboxylic acids is 3. The molecule has 0 aliphatic heterocycles. The normalized spacial score (nSPS) is 23.0. The van der Waals surface area contributed by atoms with Crippen LogP contribution in [-0.4, -0.2) is 120 Å². The zero-order valence-corrected chi connectivity index (χ0v) is 31.2. The lowest BCUT2D eigenvalue weighted by Gasteiger charge is -2.50. The van der Waals surface area contributed by atoms with Gasteiger partial charge in [-0.2, -0.15) is 0 Å². The molecule has 1 heterocycles. The summed E-state index contributed by atoms with van der Waals surface area (Å²) in [5.41, 5.74) is 4.72. The minimum atomic E-state index is -2.69. The van der Waals surface area contributed by atoms with E-state index in [9.17, 15) is 34.8 Å². The van der Waals surface area contributed by atoms with Crippen LogP contribution in [0.2, 0.25) is 0 Å². The summed E-state index contributed by atoms with van der Waals surface area (Å²) < 4.78 is 0. The van der Waals surface area contributed by atoms with E-state index in [-0.39, 0.29) is 29.7 Å². The molecule has 276 valence electrons. The van der Waals surface area contributed by atoms with Gasteiger partial charge < -0.3 is 36.0 Å². The van der Waals surface area contributed by atoms with Crippen LogP contribution in [0.4, 0.5) is 5.69 Å². The largest absolute Gasteiger partial charge is 0.510 e. The van der Waals surface area contributed by atoms with Gasteiger partial charge in [0.2, 0.25) is 5.78 Å². The molecule has 1 amide bonds. The van der Waals surface area contributed by atoms with Gasteiger partial charge >= 0.3 is 0 Å². The smallest absolute Gasteiger partial charge is 0.255 e. The Bertz CT molecular complexity index is 1990. The molecular weight excluding hydrogens is 683 g/mol. The highest BCUT2D eigenvalue weighted by molar-refractivity contribution is 7.15. The van der Waals surface area contributed by atoms with E-state index in [1.54, 1.807) is 19.0 Å². The number of rotatable bonds is 11. The lowest BCUT2D eigenvalue weighted by Crippen LogP contribution is -2.63. The number of phenolic OH excluding ortho intramolecular Hbond substituents is 1. The maximum absolute atomic E-state index is 14.5. The van der Waals surface area contributed by atoms with Crippen LogP contribution in [0.15, 0.2) is 71.2 Å². The maximum Gasteiger partial charge on any atom is 0.255 e. The Morgan fingerprint density at radius 3 is 2.27 bits per heavy atom. The van der Waals surface area contributed by atoms with Crippen molar-refractivity contribution in [3.8, 4) is 16.2 Å². The molecule has 3 aliphatic carbocycles. The number of anilines is 1. The van der Waals surface area contributed by atoms with Gasteiger partial charge in [0.25, 0.3) is 5.91 Å². The molecule has 12 nitrogen and oxygen atoms in total. The van der Waals surface area contributed by atoms with Crippen LogP contribution in [-0.2, 0) is 29.1 Å². The minimum absolute atomic E-state index is 0.00591. The van der Waals surface area contributed by atoms with Crippen molar-refractivity contribution in [3.63, 3.8) is 0 Å². The van der Waals surface area contributed by atoms with E-state index in [2.05, 4.69) is 21.9 Å². The Morgan fingerprint density at radius 2 is 1.65 bits per heavy atom. The van der Waals surface area contributed by atoms with Gasteiger partial charge in [-0.3, -0.25) is 24.2 Å². The van der Waals surface area contributed by atoms with Crippen LogP contribution in [0.1, 0.15) is 32.8 Å². The molecule has 2 aromatic carbocycles. The Balaban J connectivity index is 1.41. The molecule has 1 aromatic heterocycles. The van der Waals surface area contributed by atoms with Gasteiger partial charge in [0.05, 0.1) is 11.6 Å². The first-order valence-electron chi connectivity index (χ1n) is 17.3. The molecule has 13 heteroatoms. The van der Waals surface area contributed by atoms with E-state index < -0.39 is 58.0 Å². The number of likely N-dealkylation sites (N-methyl/N-ethyl adjacent to an activating group) is 2. The molecule has 4 atom stereocenters. The number of thiophene rings is 1. The topological polar surface area (TPSA) is 171 Å².